The second-order valence-corrected chi connectivity index (χ2v) is 6.52. The van der Waals surface area contributed by atoms with Gasteiger partial charge in [-0.1, -0.05) is 18.2 Å². The number of para-hydroxylation sites is 1. The summed E-state index contributed by atoms with van der Waals surface area (Å²) in [5, 5.41) is 3.03. The molecule has 0 spiro atoms. The highest BCUT2D eigenvalue weighted by molar-refractivity contribution is 6.06. The number of anilines is 1. The van der Waals surface area contributed by atoms with E-state index in [9.17, 15) is 19.2 Å². The summed E-state index contributed by atoms with van der Waals surface area (Å²) in [6.45, 7) is 0.767. The van der Waals surface area contributed by atoms with E-state index in [1.807, 2.05) is 0 Å². The second-order valence-electron chi connectivity index (χ2n) is 6.52. The van der Waals surface area contributed by atoms with E-state index in [4.69, 9.17) is 14.2 Å². The fraction of sp³-hybridized carbons (Fsp3) is 0.143. The predicted molar refractivity (Wildman–Crippen MR) is 106 cm³/mol. The summed E-state index contributed by atoms with van der Waals surface area (Å²) < 4.78 is 15.6. The van der Waals surface area contributed by atoms with Gasteiger partial charge in [0, 0.05) is 28.6 Å². The fourth-order valence-electron chi connectivity index (χ4n) is 3.11. The van der Waals surface area contributed by atoms with Crippen LogP contribution in [0.4, 0.5) is 5.69 Å². The van der Waals surface area contributed by atoms with E-state index in [0.29, 0.717) is 22.4 Å². The minimum atomic E-state index is -0.815. The van der Waals surface area contributed by atoms with Gasteiger partial charge in [-0.05, 0) is 19.1 Å². The van der Waals surface area contributed by atoms with Crippen LogP contribution >= 0.6 is 0 Å². The summed E-state index contributed by atoms with van der Waals surface area (Å²) in [5.41, 5.74) is 0.521. The van der Waals surface area contributed by atoms with Crippen molar-refractivity contribution >= 4 is 34.3 Å². The van der Waals surface area contributed by atoms with Crippen LogP contribution in [0.5, 0.6) is 11.5 Å². The van der Waals surface area contributed by atoms with Crippen LogP contribution in [0.3, 0.4) is 0 Å². The van der Waals surface area contributed by atoms with Gasteiger partial charge in [0.05, 0.1) is 11.3 Å². The second kappa shape index (κ2) is 7.70. The zero-order chi connectivity index (χ0) is 21.3. The van der Waals surface area contributed by atoms with Crippen molar-refractivity contribution in [2.24, 2.45) is 0 Å². The van der Waals surface area contributed by atoms with Crippen molar-refractivity contribution in [1.82, 2.24) is 4.98 Å². The molecular weight excluding hydrogens is 392 g/mol. The number of esters is 1. The number of Topliss-reactive ketones (excluding diaryl/α,β-unsaturated/α-hetero) is 1. The number of amides is 1. The lowest BCUT2D eigenvalue weighted by molar-refractivity contribution is -0.119. The van der Waals surface area contributed by atoms with Gasteiger partial charge in [-0.3, -0.25) is 14.4 Å². The number of H-pyrrole nitrogens is 1. The van der Waals surface area contributed by atoms with Crippen LogP contribution in [0.1, 0.15) is 27.6 Å². The molecule has 4 rings (SSSR count). The van der Waals surface area contributed by atoms with Crippen molar-refractivity contribution in [3.8, 4) is 11.5 Å². The van der Waals surface area contributed by atoms with Crippen LogP contribution in [0.15, 0.2) is 47.3 Å². The van der Waals surface area contributed by atoms with Gasteiger partial charge in [-0.15, -0.1) is 0 Å². The molecule has 9 heteroatoms. The highest BCUT2D eigenvalue weighted by atomic mass is 16.7. The van der Waals surface area contributed by atoms with Crippen molar-refractivity contribution in [2.75, 3.05) is 18.7 Å². The molecule has 152 valence electrons. The van der Waals surface area contributed by atoms with Crippen LogP contribution in [0, 0.1) is 0 Å². The number of ketones is 1. The lowest BCUT2D eigenvalue weighted by Gasteiger charge is -2.11. The van der Waals surface area contributed by atoms with Crippen molar-refractivity contribution in [3.63, 3.8) is 0 Å². The standard InChI is InChI=1S/C21H16N2O7/c1-11(24)13-6-17-18(30-10-29-17)8-16(13)23-20(26)9-28-21(27)14-7-19(25)22-15-5-3-2-4-12(14)15/h2-8H,9-10H2,1H3,(H,22,25)(H,23,26). The molecular formula is C21H16N2O7. The molecule has 0 radical (unpaired) electrons. The molecule has 0 unspecified atom stereocenters. The molecule has 1 aliphatic rings. The van der Waals surface area contributed by atoms with Crippen molar-refractivity contribution in [1.29, 1.82) is 0 Å². The van der Waals surface area contributed by atoms with E-state index in [1.165, 1.54) is 19.1 Å². The topological polar surface area (TPSA) is 124 Å². The molecule has 0 bridgehead atoms. The molecule has 0 atom stereocenters. The third-order valence-corrected chi connectivity index (χ3v) is 4.47. The fourth-order valence-corrected chi connectivity index (χ4v) is 3.11. The smallest absolute Gasteiger partial charge is 0.339 e. The zero-order valence-electron chi connectivity index (χ0n) is 15.8. The molecule has 0 aliphatic carbocycles. The third kappa shape index (κ3) is 3.72. The number of hydrogen-bond acceptors (Lipinski definition) is 7. The lowest BCUT2D eigenvalue weighted by atomic mass is 10.1. The van der Waals surface area contributed by atoms with E-state index < -0.39 is 24.0 Å². The number of benzene rings is 2. The molecule has 0 saturated heterocycles. The van der Waals surface area contributed by atoms with E-state index >= 15 is 0 Å². The summed E-state index contributed by atoms with van der Waals surface area (Å²) in [4.78, 5) is 51.1. The molecule has 1 amide bonds. The lowest BCUT2D eigenvalue weighted by Crippen LogP contribution is -2.22. The maximum absolute atomic E-state index is 12.5. The highest BCUT2D eigenvalue weighted by Gasteiger charge is 2.21. The van der Waals surface area contributed by atoms with Crippen LogP contribution in [-0.4, -0.2) is 36.0 Å². The van der Waals surface area contributed by atoms with Gasteiger partial charge in [-0.2, -0.15) is 0 Å². The molecule has 0 fully saturated rings. The number of carbonyl (C=O) groups excluding carboxylic acids is 3. The van der Waals surface area contributed by atoms with E-state index in [2.05, 4.69) is 10.3 Å². The first-order chi connectivity index (χ1) is 14.4. The quantitative estimate of drug-likeness (QED) is 0.490. The number of pyridine rings is 1. The van der Waals surface area contributed by atoms with E-state index in [1.54, 1.807) is 24.3 Å². The van der Waals surface area contributed by atoms with Gasteiger partial charge in [0.1, 0.15) is 0 Å². The minimum Gasteiger partial charge on any atom is -0.454 e. The Labute approximate surface area is 169 Å². The average Bonchev–Trinajstić information content (AvgIpc) is 3.18. The zero-order valence-corrected chi connectivity index (χ0v) is 15.8. The Balaban J connectivity index is 1.49. The maximum Gasteiger partial charge on any atom is 0.339 e. The monoisotopic (exact) mass is 408 g/mol. The molecule has 1 aromatic heterocycles. The molecule has 1 aliphatic heterocycles. The number of rotatable bonds is 5. The molecule has 2 heterocycles. The number of hydrogen-bond donors (Lipinski definition) is 2. The Morgan fingerprint density at radius 3 is 2.57 bits per heavy atom. The Hall–Kier alpha value is -4.14. The number of aromatic nitrogens is 1. The number of fused-ring (bicyclic) bond motifs is 2. The van der Waals surface area contributed by atoms with Crippen LogP contribution in [0.2, 0.25) is 0 Å². The minimum absolute atomic E-state index is 0.0197. The highest BCUT2D eigenvalue weighted by Crippen LogP contribution is 2.37. The Morgan fingerprint density at radius 1 is 1.07 bits per heavy atom. The van der Waals surface area contributed by atoms with Gasteiger partial charge < -0.3 is 24.5 Å². The summed E-state index contributed by atoms with van der Waals surface area (Å²) in [6.07, 6.45) is 0. The third-order valence-electron chi connectivity index (χ3n) is 4.47. The molecule has 3 aromatic rings. The average molecular weight is 408 g/mol. The van der Waals surface area contributed by atoms with Crippen molar-refractivity contribution in [2.45, 2.75) is 6.92 Å². The number of carbonyl (C=O) groups is 3. The van der Waals surface area contributed by atoms with Crippen molar-refractivity contribution in [3.05, 3.63) is 63.9 Å². The van der Waals surface area contributed by atoms with E-state index in [0.717, 1.165) is 6.07 Å². The SMILES string of the molecule is CC(=O)c1cc2c(cc1NC(=O)COC(=O)c1cc(=O)[nH]c3ccccc13)OCO2. The number of nitrogens with one attached hydrogen (secondary N) is 2. The number of aromatic amines is 1. The van der Waals surface area contributed by atoms with Crippen LogP contribution in [-0.2, 0) is 9.53 Å². The molecule has 2 N–H and O–H groups in total. The van der Waals surface area contributed by atoms with Gasteiger partial charge in [0.25, 0.3) is 5.91 Å². The number of ether oxygens (including phenoxy) is 3. The summed E-state index contributed by atoms with van der Waals surface area (Å²) in [6, 6.07) is 10.8. The summed E-state index contributed by atoms with van der Waals surface area (Å²) >= 11 is 0. The summed E-state index contributed by atoms with van der Waals surface area (Å²) in [5.74, 6) is -0.951. The van der Waals surface area contributed by atoms with E-state index in [-0.39, 0.29) is 29.4 Å². The first-order valence-electron chi connectivity index (χ1n) is 8.96. The van der Waals surface area contributed by atoms with Gasteiger partial charge >= 0.3 is 5.97 Å². The Kier molecular flexibility index (Phi) is 4.93. The van der Waals surface area contributed by atoms with Gasteiger partial charge in [0.15, 0.2) is 23.9 Å². The molecule has 0 saturated carbocycles. The van der Waals surface area contributed by atoms with Gasteiger partial charge in [-0.25, -0.2) is 4.79 Å². The largest absolute Gasteiger partial charge is 0.454 e. The first-order valence-corrected chi connectivity index (χ1v) is 8.96. The van der Waals surface area contributed by atoms with Crippen LogP contribution < -0.4 is 20.3 Å². The summed E-state index contributed by atoms with van der Waals surface area (Å²) in [7, 11) is 0. The first kappa shape index (κ1) is 19.2. The van der Waals surface area contributed by atoms with Crippen molar-refractivity contribution < 1.29 is 28.6 Å². The predicted octanol–water partition coefficient (Wildman–Crippen LogP) is 2.25. The maximum atomic E-state index is 12.5. The molecule has 2 aromatic carbocycles. The normalized spacial score (nSPS) is 11.9. The molecule has 30 heavy (non-hydrogen) atoms. The van der Waals surface area contributed by atoms with Gasteiger partial charge in [0.2, 0.25) is 12.4 Å². The molecule has 9 nitrogen and oxygen atoms in total. The Morgan fingerprint density at radius 2 is 1.80 bits per heavy atom. The Bertz CT molecular complexity index is 1250. The van der Waals surface area contributed by atoms with Crippen LogP contribution in [0.25, 0.3) is 10.9 Å².